The lowest BCUT2D eigenvalue weighted by atomic mass is 10.5. The molecule has 6 heteroatoms. The fourth-order valence-corrected chi connectivity index (χ4v) is 3.41. The summed E-state index contributed by atoms with van der Waals surface area (Å²) in [6, 6.07) is 0. The summed E-state index contributed by atoms with van der Waals surface area (Å²) >= 11 is 0. The topological polar surface area (TPSA) is 74.6 Å². The summed E-state index contributed by atoms with van der Waals surface area (Å²) in [6.07, 6.45) is 0. The molecule has 80 valence electrons. The fraction of sp³-hybridized carbons (Fsp3) is 1.00. The first-order chi connectivity index (χ1) is 5.96. The quantitative estimate of drug-likeness (QED) is 0.624. The Bertz CT molecular complexity index is 183. The van der Waals surface area contributed by atoms with Gasteiger partial charge in [-0.2, -0.15) is 0 Å². The summed E-state index contributed by atoms with van der Waals surface area (Å²) in [5.74, 6) is 0.258. The molecule has 4 nitrogen and oxygen atoms in total. The Morgan fingerprint density at radius 3 is 1.54 bits per heavy atom. The first-order valence-corrected chi connectivity index (χ1v) is 6.59. The summed E-state index contributed by atoms with van der Waals surface area (Å²) in [5, 5.41) is 17.1. The van der Waals surface area contributed by atoms with Crippen molar-refractivity contribution in [2.24, 2.45) is 0 Å². The lowest BCUT2D eigenvalue weighted by molar-refractivity contribution is 0.320. The molecular formula is C7H16O4S2. The van der Waals surface area contributed by atoms with E-state index in [4.69, 9.17) is 10.2 Å². The number of rotatable bonds is 6. The van der Waals surface area contributed by atoms with Crippen LogP contribution in [-0.4, -0.2) is 47.4 Å². The highest BCUT2D eigenvalue weighted by Gasteiger charge is 2.31. The highest BCUT2D eigenvalue weighted by Crippen LogP contribution is 2.18. The molecule has 0 radical (unpaired) electrons. The molecular weight excluding hydrogens is 212 g/mol. The van der Waals surface area contributed by atoms with Crippen LogP contribution < -0.4 is 0 Å². The van der Waals surface area contributed by atoms with Gasteiger partial charge < -0.3 is 10.2 Å². The van der Waals surface area contributed by atoms with Gasteiger partial charge in [-0.25, -0.2) is 0 Å². The maximum absolute atomic E-state index is 11.5. The summed E-state index contributed by atoms with van der Waals surface area (Å²) in [6.45, 7) is 2.88. The predicted octanol–water partition coefficient (Wildman–Crippen LogP) is -0.796. The van der Waals surface area contributed by atoms with E-state index in [1.807, 2.05) is 0 Å². The molecule has 0 aromatic carbocycles. The molecule has 2 atom stereocenters. The molecule has 0 fully saturated rings. The molecule has 0 saturated carbocycles. The van der Waals surface area contributed by atoms with E-state index in [1.165, 1.54) is 0 Å². The van der Waals surface area contributed by atoms with Crippen LogP contribution in [0.1, 0.15) is 13.8 Å². The largest absolute Gasteiger partial charge is 0.395 e. The van der Waals surface area contributed by atoms with Gasteiger partial charge in [0.25, 0.3) is 0 Å². The van der Waals surface area contributed by atoms with Crippen molar-refractivity contribution in [2.75, 3.05) is 24.7 Å². The third-order valence-electron chi connectivity index (χ3n) is 1.65. The van der Waals surface area contributed by atoms with Crippen molar-refractivity contribution in [3.05, 3.63) is 0 Å². The van der Waals surface area contributed by atoms with Crippen LogP contribution in [0.2, 0.25) is 0 Å². The van der Waals surface area contributed by atoms with Crippen molar-refractivity contribution in [1.82, 2.24) is 0 Å². The summed E-state index contributed by atoms with van der Waals surface area (Å²) in [5.41, 5.74) is 0. The molecule has 2 N–H and O–H groups in total. The Kier molecular flexibility index (Phi) is 5.95. The predicted molar refractivity (Wildman–Crippen MR) is 54.3 cm³/mol. The minimum Gasteiger partial charge on any atom is -0.395 e. The minimum atomic E-state index is -1.32. The van der Waals surface area contributed by atoms with Crippen LogP contribution in [0.25, 0.3) is 0 Å². The van der Waals surface area contributed by atoms with Crippen LogP contribution in [0, 0.1) is 0 Å². The molecule has 0 aliphatic heterocycles. The van der Waals surface area contributed by atoms with Crippen LogP contribution >= 0.6 is 0 Å². The van der Waals surface area contributed by atoms with Gasteiger partial charge in [0.15, 0.2) is 0 Å². The van der Waals surface area contributed by atoms with Crippen molar-refractivity contribution in [1.29, 1.82) is 0 Å². The van der Waals surface area contributed by atoms with Crippen molar-refractivity contribution >= 4 is 21.6 Å². The second kappa shape index (κ2) is 5.85. The molecule has 0 amide bonds. The maximum atomic E-state index is 11.5. The first kappa shape index (κ1) is 13.2. The average Bonchev–Trinajstić information content (AvgIpc) is 2.05. The molecule has 0 aliphatic carbocycles. The highest BCUT2D eigenvalue weighted by molar-refractivity contribution is 8.04. The Morgan fingerprint density at radius 1 is 1.00 bits per heavy atom. The van der Waals surface area contributed by atoms with Crippen LogP contribution in [0.3, 0.4) is 0 Å². The molecule has 0 spiro atoms. The van der Waals surface area contributed by atoms with Crippen LogP contribution in [0.15, 0.2) is 0 Å². The summed E-state index contributed by atoms with van der Waals surface area (Å²) < 4.78 is 22.1. The smallest absolute Gasteiger partial charge is 0.115 e. The van der Waals surface area contributed by atoms with Crippen molar-refractivity contribution in [3.63, 3.8) is 0 Å². The van der Waals surface area contributed by atoms with E-state index in [2.05, 4.69) is 0 Å². The monoisotopic (exact) mass is 228 g/mol. The van der Waals surface area contributed by atoms with E-state index in [-0.39, 0.29) is 24.7 Å². The second-order valence-corrected chi connectivity index (χ2v) is 7.44. The van der Waals surface area contributed by atoms with Gasteiger partial charge in [-0.3, -0.25) is 8.42 Å². The SMILES string of the molecule is CC(C)(S(=O)CCO)S(=O)CCO. The van der Waals surface area contributed by atoms with E-state index < -0.39 is 25.7 Å². The first-order valence-electron chi connectivity index (χ1n) is 3.95. The third-order valence-corrected chi connectivity index (χ3v) is 6.07. The van der Waals surface area contributed by atoms with Gasteiger partial charge in [0.1, 0.15) is 4.08 Å². The molecule has 0 aromatic rings. The Hall–Kier alpha value is 0.220. The molecule has 0 heterocycles. The standard InChI is InChI=1S/C7H16O4S2/c1-7(2,12(10)5-3-8)13(11)6-4-9/h8-9H,3-6H2,1-2H3. The molecule has 0 aliphatic rings. The van der Waals surface area contributed by atoms with Gasteiger partial charge in [0, 0.05) is 33.1 Å². The van der Waals surface area contributed by atoms with Crippen molar-refractivity contribution < 1.29 is 18.6 Å². The fourth-order valence-electron chi connectivity index (χ4n) is 0.761. The van der Waals surface area contributed by atoms with Gasteiger partial charge in [0.05, 0.1) is 13.2 Å². The Balaban J connectivity index is 4.36. The second-order valence-electron chi connectivity index (χ2n) is 2.95. The Labute approximate surface area is 83.3 Å². The van der Waals surface area contributed by atoms with Gasteiger partial charge >= 0.3 is 0 Å². The average molecular weight is 228 g/mol. The zero-order chi connectivity index (χ0) is 10.5. The third kappa shape index (κ3) is 3.84. The zero-order valence-corrected chi connectivity index (χ0v) is 9.49. The van der Waals surface area contributed by atoms with Crippen LogP contribution in [0.5, 0.6) is 0 Å². The van der Waals surface area contributed by atoms with E-state index >= 15 is 0 Å². The van der Waals surface area contributed by atoms with Gasteiger partial charge in [0.2, 0.25) is 0 Å². The zero-order valence-electron chi connectivity index (χ0n) is 7.86. The minimum absolute atomic E-state index is 0.129. The van der Waals surface area contributed by atoms with E-state index in [0.29, 0.717) is 0 Å². The highest BCUT2D eigenvalue weighted by atomic mass is 32.2. The summed E-state index contributed by atoms with van der Waals surface area (Å²) in [7, 11) is -2.65. The molecule has 13 heavy (non-hydrogen) atoms. The van der Waals surface area contributed by atoms with E-state index in [0.717, 1.165) is 0 Å². The lowest BCUT2D eigenvalue weighted by Crippen LogP contribution is -2.36. The van der Waals surface area contributed by atoms with Gasteiger partial charge in [-0.1, -0.05) is 0 Å². The number of hydrogen-bond donors (Lipinski definition) is 2. The molecule has 0 saturated heterocycles. The summed E-state index contributed by atoms with van der Waals surface area (Å²) in [4.78, 5) is 0. The molecule has 0 aromatic heterocycles. The normalized spacial score (nSPS) is 16.9. The molecule has 2 unspecified atom stereocenters. The number of hydrogen-bond acceptors (Lipinski definition) is 4. The van der Waals surface area contributed by atoms with Crippen LogP contribution in [0.4, 0.5) is 0 Å². The van der Waals surface area contributed by atoms with Crippen LogP contribution in [-0.2, 0) is 21.6 Å². The maximum Gasteiger partial charge on any atom is 0.115 e. The molecule has 0 bridgehead atoms. The Morgan fingerprint density at radius 2 is 1.31 bits per heavy atom. The van der Waals surface area contributed by atoms with Gasteiger partial charge in [-0.05, 0) is 13.8 Å². The number of aliphatic hydroxyl groups is 2. The van der Waals surface area contributed by atoms with Crippen molar-refractivity contribution in [3.8, 4) is 0 Å². The van der Waals surface area contributed by atoms with Gasteiger partial charge in [-0.15, -0.1) is 0 Å². The van der Waals surface area contributed by atoms with E-state index in [9.17, 15) is 8.42 Å². The lowest BCUT2D eigenvalue weighted by Gasteiger charge is -2.22. The van der Waals surface area contributed by atoms with Crippen molar-refractivity contribution in [2.45, 2.75) is 17.9 Å². The van der Waals surface area contributed by atoms with E-state index in [1.54, 1.807) is 13.8 Å². The number of aliphatic hydroxyl groups excluding tert-OH is 2. The molecule has 0 rings (SSSR count).